The average molecular weight is 353 g/mol. The smallest absolute Gasteiger partial charge is 0.119 e. The highest BCUT2D eigenvalue weighted by molar-refractivity contribution is 5.30. The lowest BCUT2D eigenvalue weighted by Gasteiger charge is -2.29. The van der Waals surface area contributed by atoms with E-state index in [0.717, 1.165) is 18.8 Å². The molecule has 1 heteroatoms. The molecule has 0 bridgehead atoms. The summed E-state index contributed by atoms with van der Waals surface area (Å²) < 4.78 is 6.03. The van der Waals surface area contributed by atoms with E-state index in [2.05, 4.69) is 97.0 Å². The van der Waals surface area contributed by atoms with E-state index < -0.39 is 0 Å². The van der Waals surface area contributed by atoms with Crippen LogP contribution >= 0.6 is 0 Å². The van der Waals surface area contributed by atoms with Crippen LogP contribution in [-0.4, -0.2) is 6.61 Å². The highest BCUT2D eigenvalue weighted by Crippen LogP contribution is 2.32. The SMILES string of the molecule is CC(COc1ccc(C(C)C)cc1)CC(C)(C)c1ccc(C(C)C)cc1. The van der Waals surface area contributed by atoms with Gasteiger partial charge in [0, 0.05) is 0 Å². The van der Waals surface area contributed by atoms with Crippen molar-refractivity contribution in [2.75, 3.05) is 6.61 Å². The molecule has 0 saturated carbocycles. The van der Waals surface area contributed by atoms with Crippen LogP contribution in [0.2, 0.25) is 0 Å². The summed E-state index contributed by atoms with van der Waals surface area (Å²) in [6.45, 7) is 16.6. The van der Waals surface area contributed by atoms with Gasteiger partial charge in [0.1, 0.15) is 5.75 Å². The van der Waals surface area contributed by atoms with Crippen LogP contribution in [0.25, 0.3) is 0 Å². The third-order valence-corrected chi connectivity index (χ3v) is 5.30. The Morgan fingerprint density at radius 3 is 1.65 bits per heavy atom. The second kappa shape index (κ2) is 8.75. The van der Waals surface area contributed by atoms with Gasteiger partial charge in [0.2, 0.25) is 0 Å². The minimum atomic E-state index is 0.153. The molecule has 0 aromatic heterocycles. The Morgan fingerprint density at radius 1 is 0.731 bits per heavy atom. The number of hydrogen-bond acceptors (Lipinski definition) is 1. The van der Waals surface area contributed by atoms with Gasteiger partial charge in [-0.25, -0.2) is 0 Å². The van der Waals surface area contributed by atoms with Crippen molar-refractivity contribution in [3.05, 3.63) is 65.2 Å². The largest absolute Gasteiger partial charge is 0.493 e. The number of hydrogen-bond donors (Lipinski definition) is 0. The molecule has 0 spiro atoms. The molecule has 1 atom stereocenters. The first-order valence-electron chi connectivity index (χ1n) is 10.0. The quantitative estimate of drug-likeness (QED) is 0.483. The maximum absolute atomic E-state index is 6.03. The first kappa shape index (κ1) is 20.6. The van der Waals surface area contributed by atoms with Gasteiger partial charge in [0.25, 0.3) is 0 Å². The van der Waals surface area contributed by atoms with E-state index in [4.69, 9.17) is 4.74 Å². The van der Waals surface area contributed by atoms with Crippen molar-refractivity contribution >= 4 is 0 Å². The maximum atomic E-state index is 6.03. The summed E-state index contributed by atoms with van der Waals surface area (Å²) >= 11 is 0. The average Bonchev–Trinajstić information content (AvgIpc) is 2.60. The topological polar surface area (TPSA) is 9.23 Å². The summed E-state index contributed by atoms with van der Waals surface area (Å²) in [4.78, 5) is 0. The van der Waals surface area contributed by atoms with Crippen LogP contribution in [0.3, 0.4) is 0 Å². The fraction of sp³-hybridized carbons (Fsp3) is 0.520. The lowest BCUT2D eigenvalue weighted by atomic mass is 9.77. The minimum absolute atomic E-state index is 0.153. The molecule has 142 valence electrons. The van der Waals surface area contributed by atoms with E-state index in [9.17, 15) is 0 Å². The van der Waals surface area contributed by atoms with Gasteiger partial charge < -0.3 is 4.74 Å². The molecule has 1 unspecified atom stereocenters. The van der Waals surface area contributed by atoms with Crippen LogP contribution in [0.15, 0.2) is 48.5 Å². The van der Waals surface area contributed by atoms with Crippen LogP contribution in [0.4, 0.5) is 0 Å². The Kier molecular flexibility index (Phi) is 6.92. The highest BCUT2D eigenvalue weighted by atomic mass is 16.5. The predicted molar refractivity (Wildman–Crippen MR) is 113 cm³/mol. The van der Waals surface area contributed by atoms with Crippen molar-refractivity contribution in [2.24, 2.45) is 5.92 Å². The monoisotopic (exact) mass is 352 g/mol. The molecule has 0 aliphatic rings. The zero-order chi connectivity index (χ0) is 19.3. The molecular formula is C25H36O. The van der Waals surface area contributed by atoms with Gasteiger partial charge in [-0.1, -0.05) is 84.9 Å². The van der Waals surface area contributed by atoms with E-state index in [1.54, 1.807) is 0 Å². The van der Waals surface area contributed by atoms with E-state index >= 15 is 0 Å². The molecule has 0 heterocycles. The second-order valence-electron chi connectivity index (χ2n) is 9.00. The van der Waals surface area contributed by atoms with E-state index in [1.807, 2.05) is 0 Å². The standard InChI is InChI=1S/C25H36O/c1-18(2)21-8-12-23(13-9-21)25(6,7)16-20(5)17-26-24-14-10-22(11-15-24)19(3)4/h8-15,18-20H,16-17H2,1-7H3. The van der Waals surface area contributed by atoms with Crippen LogP contribution in [0.5, 0.6) is 5.75 Å². The summed E-state index contributed by atoms with van der Waals surface area (Å²) in [6, 6.07) is 17.7. The molecule has 0 saturated heterocycles. The molecule has 2 aromatic rings. The Labute approximate surface area is 160 Å². The van der Waals surface area contributed by atoms with E-state index in [0.29, 0.717) is 17.8 Å². The molecule has 0 radical (unpaired) electrons. The van der Waals surface area contributed by atoms with Crippen LogP contribution in [0.1, 0.15) is 83.4 Å². The highest BCUT2D eigenvalue weighted by Gasteiger charge is 2.24. The third kappa shape index (κ3) is 5.62. The fourth-order valence-electron chi connectivity index (χ4n) is 3.55. The summed E-state index contributed by atoms with van der Waals surface area (Å²) in [5, 5.41) is 0. The first-order valence-corrected chi connectivity index (χ1v) is 10.0. The van der Waals surface area contributed by atoms with Crippen molar-refractivity contribution in [2.45, 2.75) is 72.1 Å². The minimum Gasteiger partial charge on any atom is -0.493 e. The van der Waals surface area contributed by atoms with Gasteiger partial charge in [-0.05, 0) is 58.4 Å². The van der Waals surface area contributed by atoms with Gasteiger partial charge >= 0.3 is 0 Å². The summed E-state index contributed by atoms with van der Waals surface area (Å²) in [5.41, 5.74) is 4.33. The van der Waals surface area contributed by atoms with Gasteiger partial charge in [-0.3, -0.25) is 0 Å². The number of ether oxygens (including phenoxy) is 1. The lowest BCUT2D eigenvalue weighted by molar-refractivity contribution is 0.228. The Morgan fingerprint density at radius 2 is 1.19 bits per heavy atom. The van der Waals surface area contributed by atoms with Crippen LogP contribution in [0, 0.1) is 5.92 Å². The summed E-state index contributed by atoms with van der Waals surface area (Å²) in [6.07, 6.45) is 1.11. The fourth-order valence-corrected chi connectivity index (χ4v) is 3.55. The normalized spacial score (nSPS) is 13.3. The predicted octanol–water partition coefficient (Wildman–Crippen LogP) is 7.32. The molecular weight excluding hydrogens is 316 g/mol. The molecule has 1 nitrogen and oxygen atoms in total. The van der Waals surface area contributed by atoms with Gasteiger partial charge in [0.15, 0.2) is 0 Å². The number of rotatable bonds is 8. The Hall–Kier alpha value is -1.76. The first-order chi connectivity index (χ1) is 12.2. The van der Waals surface area contributed by atoms with E-state index in [1.165, 1.54) is 16.7 Å². The molecule has 0 amide bonds. The summed E-state index contributed by atoms with van der Waals surface area (Å²) in [5.74, 6) is 2.62. The molecule has 26 heavy (non-hydrogen) atoms. The maximum Gasteiger partial charge on any atom is 0.119 e. The molecule has 0 fully saturated rings. The van der Waals surface area contributed by atoms with Crippen LogP contribution < -0.4 is 4.74 Å². The zero-order valence-corrected chi connectivity index (χ0v) is 17.7. The van der Waals surface area contributed by atoms with Gasteiger partial charge in [-0.15, -0.1) is 0 Å². The molecule has 2 rings (SSSR count). The van der Waals surface area contributed by atoms with Crippen LogP contribution in [-0.2, 0) is 5.41 Å². The van der Waals surface area contributed by atoms with E-state index in [-0.39, 0.29) is 5.41 Å². The van der Waals surface area contributed by atoms with Crippen molar-refractivity contribution in [3.63, 3.8) is 0 Å². The third-order valence-electron chi connectivity index (χ3n) is 5.30. The van der Waals surface area contributed by atoms with Crippen molar-refractivity contribution < 1.29 is 4.74 Å². The van der Waals surface area contributed by atoms with Crippen molar-refractivity contribution in [3.8, 4) is 5.75 Å². The van der Waals surface area contributed by atoms with Crippen molar-refractivity contribution in [1.29, 1.82) is 0 Å². The number of benzene rings is 2. The second-order valence-corrected chi connectivity index (χ2v) is 9.00. The lowest BCUT2D eigenvalue weighted by Crippen LogP contribution is -2.23. The van der Waals surface area contributed by atoms with Gasteiger partial charge in [-0.2, -0.15) is 0 Å². The molecule has 0 aliphatic carbocycles. The zero-order valence-electron chi connectivity index (χ0n) is 17.7. The molecule has 0 N–H and O–H groups in total. The van der Waals surface area contributed by atoms with Crippen molar-refractivity contribution in [1.82, 2.24) is 0 Å². The van der Waals surface area contributed by atoms with Gasteiger partial charge in [0.05, 0.1) is 6.61 Å². The Bertz CT molecular complexity index is 662. The molecule has 2 aromatic carbocycles. The summed E-state index contributed by atoms with van der Waals surface area (Å²) in [7, 11) is 0. The molecule has 0 aliphatic heterocycles. The Balaban J connectivity index is 1.91.